The van der Waals surface area contributed by atoms with Crippen LogP contribution in [0.1, 0.15) is 15.9 Å². The Balaban J connectivity index is 1.93. The quantitative estimate of drug-likeness (QED) is 0.283. The Morgan fingerprint density at radius 1 is 0.727 bits per heavy atom. The lowest BCUT2D eigenvalue weighted by atomic mass is 9.98. The number of anilines is 1. The van der Waals surface area contributed by atoms with Crippen LogP contribution in [0, 0.1) is 0 Å². The van der Waals surface area contributed by atoms with Crippen molar-refractivity contribution in [1.29, 1.82) is 0 Å². The van der Waals surface area contributed by atoms with Crippen molar-refractivity contribution in [2.75, 3.05) is 41.3 Å². The minimum absolute atomic E-state index is 0.175. The molecule has 0 heterocycles. The first-order valence-electron chi connectivity index (χ1n) is 10.1. The van der Waals surface area contributed by atoms with Gasteiger partial charge in [0.05, 0.1) is 35.5 Å². The van der Waals surface area contributed by atoms with E-state index in [1.807, 2.05) is 12.1 Å². The molecular weight excluding hydrogens is 422 g/mol. The Morgan fingerprint density at radius 3 is 1.94 bits per heavy atom. The second-order valence-corrected chi connectivity index (χ2v) is 7.03. The lowest BCUT2D eigenvalue weighted by Gasteiger charge is -2.13. The molecule has 0 aromatic heterocycles. The molecule has 172 valence electrons. The molecular formula is C26H27NO6. The zero-order valence-electron chi connectivity index (χ0n) is 19.3. The summed E-state index contributed by atoms with van der Waals surface area (Å²) in [6, 6.07) is 14.2. The summed E-state index contributed by atoms with van der Waals surface area (Å²) < 4.78 is 26.8. The van der Waals surface area contributed by atoms with Crippen molar-refractivity contribution in [3.8, 4) is 39.9 Å². The first kappa shape index (κ1) is 23.5. The van der Waals surface area contributed by atoms with Gasteiger partial charge in [-0.3, -0.25) is 4.79 Å². The molecule has 7 heteroatoms. The van der Waals surface area contributed by atoms with E-state index in [0.29, 0.717) is 40.0 Å². The Hall–Kier alpha value is -4.13. The molecule has 0 aliphatic carbocycles. The van der Waals surface area contributed by atoms with Gasteiger partial charge in [0, 0.05) is 16.8 Å². The normalized spacial score (nSPS) is 10.7. The third-order valence-electron chi connectivity index (χ3n) is 5.15. The van der Waals surface area contributed by atoms with E-state index in [0.717, 1.165) is 16.7 Å². The van der Waals surface area contributed by atoms with Crippen LogP contribution in [0.5, 0.6) is 28.7 Å². The average Bonchev–Trinajstić information content (AvgIpc) is 2.86. The zero-order chi connectivity index (χ0) is 24.0. The molecule has 33 heavy (non-hydrogen) atoms. The fraction of sp³-hybridized carbons (Fsp3) is 0.192. The molecule has 7 nitrogen and oxygen atoms in total. The van der Waals surface area contributed by atoms with Gasteiger partial charge in [0.1, 0.15) is 0 Å². The van der Waals surface area contributed by atoms with Gasteiger partial charge in [-0.25, -0.2) is 0 Å². The lowest BCUT2D eigenvalue weighted by molar-refractivity contribution is 0.104. The average molecular weight is 450 g/mol. The van der Waals surface area contributed by atoms with Gasteiger partial charge in [0.15, 0.2) is 28.8 Å². The van der Waals surface area contributed by atoms with Crippen LogP contribution in [0.3, 0.4) is 0 Å². The number of nitrogen functional groups attached to an aromatic ring is 1. The maximum atomic E-state index is 12.9. The van der Waals surface area contributed by atoms with Gasteiger partial charge in [-0.05, 0) is 59.7 Å². The van der Waals surface area contributed by atoms with Crippen molar-refractivity contribution in [2.45, 2.75) is 0 Å². The van der Waals surface area contributed by atoms with E-state index in [1.165, 1.54) is 13.2 Å². The summed E-state index contributed by atoms with van der Waals surface area (Å²) in [6.45, 7) is 0. The van der Waals surface area contributed by atoms with E-state index in [1.54, 1.807) is 70.9 Å². The molecule has 2 N–H and O–H groups in total. The molecule has 0 radical (unpaired) electrons. The van der Waals surface area contributed by atoms with Gasteiger partial charge in [0.25, 0.3) is 0 Å². The number of nitrogens with two attached hydrogens (primary N) is 1. The molecule has 0 aliphatic rings. The summed E-state index contributed by atoms with van der Waals surface area (Å²) >= 11 is 0. The minimum atomic E-state index is -0.175. The summed E-state index contributed by atoms with van der Waals surface area (Å²) in [4.78, 5) is 12.9. The first-order chi connectivity index (χ1) is 15.9. The van der Waals surface area contributed by atoms with Crippen molar-refractivity contribution in [2.24, 2.45) is 0 Å². The summed E-state index contributed by atoms with van der Waals surface area (Å²) in [7, 11) is 7.76. The zero-order valence-corrected chi connectivity index (χ0v) is 19.3. The van der Waals surface area contributed by atoms with E-state index < -0.39 is 0 Å². The third-order valence-corrected chi connectivity index (χ3v) is 5.15. The minimum Gasteiger partial charge on any atom is -0.493 e. The Bertz CT molecular complexity index is 1160. The summed E-state index contributed by atoms with van der Waals surface area (Å²) in [5.41, 5.74) is 9.51. The van der Waals surface area contributed by atoms with Crippen LogP contribution in [-0.4, -0.2) is 41.3 Å². The van der Waals surface area contributed by atoms with Crippen molar-refractivity contribution < 1.29 is 28.5 Å². The number of allylic oxidation sites excluding steroid dienone is 1. The van der Waals surface area contributed by atoms with Crippen LogP contribution in [0.2, 0.25) is 0 Å². The van der Waals surface area contributed by atoms with Gasteiger partial charge < -0.3 is 29.4 Å². The number of carbonyl (C=O) groups excluding carboxylic acids is 1. The SMILES string of the molecule is COc1ccc(-c2cc(C(=O)/C=C/c3cc(OC)c(OC)c(OC)c3)ccc2N)cc1OC. The van der Waals surface area contributed by atoms with Gasteiger partial charge in [-0.1, -0.05) is 12.1 Å². The maximum Gasteiger partial charge on any atom is 0.203 e. The highest BCUT2D eigenvalue weighted by atomic mass is 16.5. The molecule has 0 saturated heterocycles. The van der Waals surface area contributed by atoms with Crippen LogP contribution in [0.15, 0.2) is 54.6 Å². The molecule has 0 atom stereocenters. The van der Waals surface area contributed by atoms with Gasteiger partial charge in [0.2, 0.25) is 5.75 Å². The Morgan fingerprint density at radius 2 is 1.36 bits per heavy atom. The van der Waals surface area contributed by atoms with Gasteiger partial charge in [-0.2, -0.15) is 0 Å². The summed E-state index contributed by atoms with van der Waals surface area (Å²) in [6.07, 6.45) is 3.18. The molecule has 3 aromatic carbocycles. The number of benzene rings is 3. The molecule has 0 aliphatic heterocycles. The van der Waals surface area contributed by atoms with E-state index in [-0.39, 0.29) is 5.78 Å². The standard InChI is InChI=1S/C26H27NO6/c1-29-22-11-8-17(15-23(22)30-2)19-14-18(7-9-20(19)27)21(28)10-6-16-12-24(31-3)26(33-5)25(13-16)32-4/h6-15H,27H2,1-5H3/b10-6+. The molecule has 0 fully saturated rings. The van der Waals surface area contributed by atoms with Crippen LogP contribution in [0.4, 0.5) is 5.69 Å². The number of carbonyl (C=O) groups is 1. The lowest BCUT2D eigenvalue weighted by Crippen LogP contribution is -1.99. The van der Waals surface area contributed by atoms with Crippen LogP contribution in [-0.2, 0) is 0 Å². The Labute approximate surface area is 193 Å². The molecule has 3 aromatic rings. The van der Waals surface area contributed by atoms with Crippen molar-refractivity contribution in [1.82, 2.24) is 0 Å². The Kier molecular flexibility index (Phi) is 7.46. The number of ketones is 1. The molecule has 3 rings (SSSR count). The number of rotatable bonds is 9. The fourth-order valence-electron chi connectivity index (χ4n) is 3.43. The summed E-state index contributed by atoms with van der Waals surface area (Å²) in [5, 5.41) is 0. The smallest absolute Gasteiger partial charge is 0.203 e. The van der Waals surface area contributed by atoms with Crippen molar-refractivity contribution >= 4 is 17.5 Å². The number of hydrogen-bond donors (Lipinski definition) is 1. The maximum absolute atomic E-state index is 12.9. The number of ether oxygens (including phenoxy) is 5. The largest absolute Gasteiger partial charge is 0.493 e. The topological polar surface area (TPSA) is 89.2 Å². The molecule has 0 amide bonds. The number of hydrogen-bond acceptors (Lipinski definition) is 7. The highest BCUT2D eigenvalue weighted by Crippen LogP contribution is 2.39. The molecule has 0 spiro atoms. The second-order valence-electron chi connectivity index (χ2n) is 7.03. The van der Waals surface area contributed by atoms with Crippen LogP contribution in [0.25, 0.3) is 17.2 Å². The van der Waals surface area contributed by atoms with E-state index in [2.05, 4.69) is 0 Å². The van der Waals surface area contributed by atoms with Crippen LogP contribution < -0.4 is 29.4 Å². The molecule has 0 bridgehead atoms. The first-order valence-corrected chi connectivity index (χ1v) is 10.1. The number of methoxy groups -OCH3 is 5. The molecule has 0 unspecified atom stereocenters. The van der Waals surface area contributed by atoms with Crippen LogP contribution >= 0.6 is 0 Å². The molecule has 0 saturated carbocycles. The van der Waals surface area contributed by atoms with E-state index in [4.69, 9.17) is 29.4 Å². The van der Waals surface area contributed by atoms with Gasteiger partial charge >= 0.3 is 0 Å². The van der Waals surface area contributed by atoms with E-state index >= 15 is 0 Å². The highest BCUT2D eigenvalue weighted by Gasteiger charge is 2.14. The predicted octanol–water partition coefficient (Wildman–Crippen LogP) is 4.87. The fourth-order valence-corrected chi connectivity index (χ4v) is 3.43. The third kappa shape index (κ3) is 5.03. The van der Waals surface area contributed by atoms with Crippen molar-refractivity contribution in [3.05, 3.63) is 65.7 Å². The van der Waals surface area contributed by atoms with Gasteiger partial charge in [-0.15, -0.1) is 0 Å². The second kappa shape index (κ2) is 10.5. The van der Waals surface area contributed by atoms with Crippen molar-refractivity contribution in [3.63, 3.8) is 0 Å². The monoisotopic (exact) mass is 449 g/mol. The highest BCUT2D eigenvalue weighted by molar-refractivity contribution is 6.08. The predicted molar refractivity (Wildman–Crippen MR) is 129 cm³/mol. The summed E-state index contributed by atoms with van der Waals surface area (Å²) in [5.74, 6) is 2.51. The van der Waals surface area contributed by atoms with E-state index in [9.17, 15) is 4.79 Å².